The number of hydrogen-bond acceptors (Lipinski definition) is 4. The molecule has 0 aliphatic carbocycles. The van der Waals surface area contributed by atoms with Crippen molar-refractivity contribution in [2.24, 2.45) is 0 Å². The minimum atomic E-state index is 0.198. The molecule has 2 rings (SSSR count). The smallest absolute Gasteiger partial charge is 0.121 e. The van der Waals surface area contributed by atoms with Gasteiger partial charge in [0.2, 0.25) is 0 Å². The number of rotatable bonds is 4. The van der Waals surface area contributed by atoms with Crippen LogP contribution < -0.4 is 5.32 Å². The summed E-state index contributed by atoms with van der Waals surface area (Å²) in [5, 5.41) is 21.1. The van der Waals surface area contributed by atoms with Gasteiger partial charge in [-0.1, -0.05) is 17.7 Å². The summed E-state index contributed by atoms with van der Waals surface area (Å²) in [6.45, 7) is 1.07. The molecule has 0 unspecified atom stereocenters. The molecule has 0 spiro atoms. The van der Waals surface area contributed by atoms with E-state index in [1.165, 1.54) is 0 Å². The van der Waals surface area contributed by atoms with Crippen LogP contribution in [0, 0.1) is 0 Å². The first-order chi connectivity index (χ1) is 8.27. The Hall–Kier alpha value is -1.65. The van der Waals surface area contributed by atoms with E-state index in [1.807, 2.05) is 12.1 Å². The first-order valence-corrected chi connectivity index (χ1v) is 5.59. The molecule has 0 saturated heterocycles. The number of nitrogens with one attached hydrogen (secondary N) is 1. The Morgan fingerprint density at radius 2 is 2.06 bits per heavy atom. The number of nitrogens with zero attached hydrogens (tertiary/aromatic N) is 2. The summed E-state index contributed by atoms with van der Waals surface area (Å²) in [7, 11) is 0. The molecule has 1 aromatic carbocycles. The van der Waals surface area contributed by atoms with Gasteiger partial charge in [0.1, 0.15) is 5.75 Å². The SMILES string of the molecule is Oc1cccc(Cl)c1CNCc1cccnn1. The second-order valence-electron chi connectivity index (χ2n) is 3.56. The fraction of sp³-hybridized carbons (Fsp3) is 0.167. The Kier molecular flexibility index (Phi) is 3.90. The van der Waals surface area contributed by atoms with Gasteiger partial charge < -0.3 is 10.4 Å². The molecule has 0 aliphatic heterocycles. The molecule has 0 fully saturated rings. The molecule has 5 heteroatoms. The van der Waals surface area contributed by atoms with Crippen LogP contribution in [0.5, 0.6) is 5.75 Å². The molecule has 0 amide bonds. The first kappa shape index (κ1) is 11.8. The van der Waals surface area contributed by atoms with Gasteiger partial charge >= 0.3 is 0 Å². The number of aromatic nitrogens is 2. The zero-order valence-electron chi connectivity index (χ0n) is 9.10. The lowest BCUT2D eigenvalue weighted by Gasteiger charge is -2.07. The standard InChI is InChI=1S/C12H12ClN3O/c13-11-4-1-5-12(17)10(11)8-14-7-9-3-2-6-15-16-9/h1-6,14,17H,7-8H2. The summed E-state index contributed by atoms with van der Waals surface area (Å²) in [4.78, 5) is 0. The molecule has 1 aromatic heterocycles. The van der Waals surface area contributed by atoms with Crippen molar-refractivity contribution in [3.8, 4) is 5.75 Å². The molecule has 17 heavy (non-hydrogen) atoms. The van der Waals surface area contributed by atoms with E-state index in [4.69, 9.17) is 11.6 Å². The van der Waals surface area contributed by atoms with Crippen LogP contribution in [0.2, 0.25) is 5.02 Å². The highest BCUT2D eigenvalue weighted by Crippen LogP contribution is 2.24. The molecule has 88 valence electrons. The highest BCUT2D eigenvalue weighted by molar-refractivity contribution is 6.31. The van der Waals surface area contributed by atoms with Gasteiger partial charge in [0.25, 0.3) is 0 Å². The minimum absolute atomic E-state index is 0.198. The van der Waals surface area contributed by atoms with Crippen LogP contribution in [0.4, 0.5) is 0 Å². The molecule has 2 aromatic rings. The van der Waals surface area contributed by atoms with Crippen molar-refractivity contribution in [1.29, 1.82) is 0 Å². The van der Waals surface area contributed by atoms with Gasteiger partial charge in [0.15, 0.2) is 0 Å². The third-order valence-corrected chi connectivity index (χ3v) is 2.68. The Balaban J connectivity index is 1.95. The monoisotopic (exact) mass is 249 g/mol. The van der Waals surface area contributed by atoms with E-state index < -0.39 is 0 Å². The lowest BCUT2D eigenvalue weighted by atomic mass is 10.2. The van der Waals surface area contributed by atoms with E-state index in [-0.39, 0.29) is 5.75 Å². The van der Waals surface area contributed by atoms with Crippen LogP contribution in [0.25, 0.3) is 0 Å². The highest BCUT2D eigenvalue weighted by Gasteiger charge is 2.05. The maximum Gasteiger partial charge on any atom is 0.121 e. The van der Waals surface area contributed by atoms with Gasteiger partial charge in [0.05, 0.1) is 5.69 Å². The molecule has 0 bridgehead atoms. The van der Waals surface area contributed by atoms with Gasteiger partial charge in [-0.05, 0) is 24.3 Å². The number of halogens is 1. The van der Waals surface area contributed by atoms with E-state index in [2.05, 4.69) is 15.5 Å². The van der Waals surface area contributed by atoms with Crippen LogP contribution in [0.3, 0.4) is 0 Å². The van der Waals surface area contributed by atoms with Crippen LogP contribution >= 0.6 is 11.6 Å². The highest BCUT2D eigenvalue weighted by atomic mass is 35.5. The summed E-state index contributed by atoms with van der Waals surface area (Å²) in [5.74, 6) is 0.198. The van der Waals surface area contributed by atoms with Crippen molar-refractivity contribution >= 4 is 11.6 Å². The van der Waals surface area contributed by atoms with E-state index >= 15 is 0 Å². The zero-order valence-corrected chi connectivity index (χ0v) is 9.85. The molecule has 0 atom stereocenters. The number of phenols is 1. The molecular formula is C12H12ClN3O. The average molecular weight is 250 g/mol. The summed E-state index contributed by atoms with van der Waals surface area (Å²) in [6.07, 6.45) is 1.63. The van der Waals surface area contributed by atoms with E-state index in [0.717, 1.165) is 5.69 Å². The van der Waals surface area contributed by atoms with Crippen molar-refractivity contribution in [2.45, 2.75) is 13.1 Å². The third-order valence-electron chi connectivity index (χ3n) is 2.33. The van der Waals surface area contributed by atoms with Crippen molar-refractivity contribution in [1.82, 2.24) is 15.5 Å². The predicted octanol–water partition coefficient (Wildman–Crippen LogP) is 2.13. The number of phenolic OH excluding ortho intramolecular Hbond substituents is 1. The van der Waals surface area contributed by atoms with Crippen molar-refractivity contribution in [3.05, 3.63) is 52.8 Å². The van der Waals surface area contributed by atoms with E-state index in [0.29, 0.717) is 23.7 Å². The maximum absolute atomic E-state index is 9.64. The summed E-state index contributed by atoms with van der Waals surface area (Å²) in [5.41, 5.74) is 1.54. The molecular weight excluding hydrogens is 238 g/mol. The van der Waals surface area contributed by atoms with E-state index in [9.17, 15) is 5.11 Å². The summed E-state index contributed by atoms with van der Waals surface area (Å²) >= 11 is 5.98. The fourth-order valence-electron chi connectivity index (χ4n) is 1.47. The normalized spacial score (nSPS) is 10.4. The summed E-state index contributed by atoms with van der Waals surface area (Å²) < 4.78 is 0. The van der Waals surface area contributed by atoms with Gasteiger partial charge in [-0.25, -0.2) is 0 Å². The number of aromatic hydroxyl groups is 1. The average Bonchev–Trinajstić information content (AvgIpc) is 2.34. The lowest BCUT2D eigenvalue weighted by Crippen LogP contribution is -2.14. The van der Waals surface area contributed by atoms with Gasteiger partial charge in [-0.2, -0.15) is 10.2 Å². The Bertz CT molecular complexity index is 470. The second-order valence-corrected chi connectivity index (χ2v) is 3.96. The quantitative estimate of drug-likeness (QED) is 0.872. The Morgan fingerprint density at radius 3 is 2.76 bits per heavy atom. The molecule has 1 heterocycles. The lowest BCUT2D eigenvalue weighted by molar-refractivity contribution is 0.464. The zero-order chi connectivity index (χ0) is 12.1. The van der Waals surface area contributed by atoms with Crippen molar-refractivity contribution < 1.29 is 5.11 Å². The first-order valence-electron chi connectivity index (χ1n) is 5.21. The fourth-order valence-corrected chi connectivity index (χ4v) is 1.70. The van der Waals surface area contributed by atoms with Crippen molar-refractivity contribution in [3.63, 3.8) is 0 Å². The largest absolute Gasteiger partial charge is 0.508 e. The van der Waals surface area contributed by atoms with Gasteiger partial charge in [-0.3, -0.25) is 0 Å². The van der Waals surface area contributed by atoms with Crippen LogP contribution in [-0.4, -0.2) is 15.3 Å². The van der Waals surface area contributed by atoms with Crippen molar-refractivity contribution in [2.75, 3.05) is 0 Å². The second kappa shape index (κ2) is 5.61. The van der Waals surface area contributed by atoms with Crippen LogP contribution in [0.15, 0.2) is 36.5 Å². The molecule has 0 aliphatic rings. The van der Waals surface area contributed by atoms with Crippen LogP contribution in [0.1, 0.15) is 11.3 Å². The van der Waals surface area contributed by atoms with Gasteiger partial charge in [0, 0.05) is 29.9 Å². The topological polar surface area (TPSA) is 58.0 Å². The molecule has 0 saturated carbocycles. The third kappa shape index (κ3) is 3.15. The maximum atomic E-state index is 9.64. The number of hydrogen-bond donors (Lipinski definition) is 2. The minimum Gasteiger partial charge on any atom is -0.508 e. The molecule has 0 radical (unpaired) electrons. The molecule has 2 N–H and O–H groups in total. The number of benzene rings is 1. The molecule has 4 nitrogen and oxygen atoms in total. The summed E-state index contributed by atoms with van der Waals surface area (Å²) in [6, 6.07) is 8.79. The van der Waals surface area contributed by atoms with Crippen LogP contribution in [-0.2, 0) is 13.1 Å². The van der Waals surface area contributed by atoms with E-state index in [1.54, 1.807) is 24.4 Å². The Morgan fingerprint density at radius 1 is 1.18 bits per heavy atom. The Labute approximate surface area is 104 Å². The predicted molar refractivity (Wildman–Crippen MR) is 65.7 cm³/mol. The van der Waals surface area contributed by atoms with Gasteiger partial charge in [-0.15, -0.1) is 0 Å².